The van der Waals surface area contributed by atoms with E-state index >= 15 is 0 Å². The highest BCUT2D eigenvalue weighted by molar-refractivity contribution is 7.17. The molecule has 6 rings (SSSR count). The molecule has 1 aromatic carbocycles. The maximum absolute atomic E-state index is 13.4. The van der Waals surface area contributed by atoms with E-state index in [0.29, 0.717) is 34.0 Å². The van der Waals surface area contributed by atoms with Crippen LogP contribution in [0.15, 0.2) is 30.3 Å². The third kappa shape index (κ3) is 4.90. The van der Waals surface area contributed by atoms with Gasteiger partial charge in [0.05, 0.1) is 24.3 Å². The molecular weight excluding hydrogens is 500 g/mol. The standard InChI is InChI=1S/C27H31ClN2O5S/c1-3-34-23(32)22-17(2)29-25(36-22)30(14-18-7-5-4-6-8-18)21(31)15-35-24(33)26-10-19-9-20(11-26)13-27(28,12-19)16-26/h4-8,19-20H,3,9-16H2,1-2H3/t19-,20-,26?,27?/m0/s1. The van der Waals surface area contributed by atoms with Crippen LogP contribution in [0.2, 0.25) is 0 Å². The Labute approximate surface area is 220 Å². The first-order valence-corrected chi connectivity index (χ1v) is 13.7. The second kappa shape index (κ2) is 9.78. The van der Waals surface area contributed by atoms with Crippen LogP contribution in [0.25, 0.3) is 0 Å². The molecule has 0 aliphatic heterocycles. The summed E-state index contributed by atoms with van der Waals surface area (Å²) in [6.45, 7) is 3.57. The number of carbonyl (C=O) groups excluding carboxylic acids is 3. The number of thiazole rings is 1. The molecule has 4 bridgehead atoms. The molecule has 2 aromatic rings. The van der Waals surface area contributed by atoms with Crippen molar-refractivity contribution >= 4 is 45.9 Å². The summed E-state index contributed by atoms with van der Waals surface area (Å²) in [5, 5.41) is 0.370. The van der Waals surface area contributed by atoms with E-state index in [1.807, 2.05) is 30.3 Å². The number of benzene rings is 1. The van der Waals surface area contributed by atoms with Crippen LogP contribution in [0.4, 0.5) is 5.13 Å². The summed E-state index contributed by atoms with van der Waals surface area (Å²) in [5.74, 6) is -0.240. The Kier molecular flexibility index (Phi) is 6.85. The summed E-state index contributed by atoms with van der Waals surface area (Å²) in [6, 6.07) is 9.51. The zero-order chi connectivity index (χ0) is 25.5. The van der Waals surface area contributed by atoms with Gasteiger partial charge in [0, 0.05) is 4.87 Å². The predicted octanol–water partition coefficient (Wildman–Crippen LogP) is 5.28. The number of rotatable bonds is 8. The zero-order valence-corrected chi connectivity index (χ0v) is 22.2. The molecule has 1 heterocycles. The van der Waals surface area contributed by atoms with Gasteiger partial charge in [0.15, 0.2) is 11.7 Å². The SMILES string of the molecule is CCOC(=O)c1sc(N(Cc2ccccc2)C(=O)COC(=O)C23C[C@@H]4C[C@H](CC(Cl)(C4)C2)C3)nc1C. The van der Waals surface area contributed by atoms with Gasteiger partial charge in [-0.1, -0.05) is 41.7 Å². The first-order valence-electron chi connectivity index (χ1n) is 12.6. The molecule has 0 radical (unpaired) electrons. The number of aryl methyl sites for hydroxylation is 1. The third-order valence-electron chi connectivity index (χ3n) is 7.71. The van der Waals surface area contributed by atoms with Crippen molar-refractivity contribution in [2.75, 3.05) is 18.1 Å². The van der Waals surface area contributed by atoms with Gasteiger partial charge in [-0.3, -0.25) is 14.5 Å². The van der Waals surface area contributed by atoms with Gasteiger partial charge in [0.1, 0.15) is 4.88 Å². The van der Waals surface area contributed by atoms with E-state index in [2.05, 4.69) is 4.98 Å². The van der Waals surface area contributed by atoms with E-state index < -0.39 is 11.4 Å². The lowest BCUT2D eigenvalue weighted by Crippen LogP contribution is -2.56. The number of anilines is 1. The topological polar surface area (TPSA) is 85.8 Å². The lowest BCUT2D eigenvalue weighted by molar-refractivity contribution is -0.171. The molecule has 7 nitrogen and oxygen atoms in total. The van der Waals surface area contributed by atoms with Crippen LogP contribution >= 0.6 is 22.9 Å². The Hall–Kier alpha value is -2.45. The van der Waals surface area contributed by atoms with Gasteiger partial charge in [-0.25, -0.2) is 9.78 Å². The van der Waals surface area contributed by atoms with E-state index in [9.17, 15) is 14.4 Å². The molecule has 0 saturated heterocycles. The van der Waals surface area contributed by atoms with Crippen molar-refractivity contribution in [1.82, 2.24) is 4.98 Å². The molecule has 4 aliphatic rings. The molecule has 1 amide bonds. The fourth-order valence-corrected chi connectivity index (χ4v) is 8.33. The van der Waals surface area contributed by atoms with Crippen LogP contribution < -0.4 is 4.90 Å². The molecular formula is C27H31ClN2O5S. The van der Waals surface area contributed by atoms with Gasteiger partial charge in [-0.2, -0.15) is 0 Å². The molecule has 4 fully saturated rings. The number of esters is 2. The number of halogens is 1. The van der Waals surface area contributed by atoms with Crippen LogP contribution in [0.3, 0.4) is 0 Å². The number of amides is 1. The Morgan fingerprint density at radius 1 is 1.11 bits per heavy atom. The number of hydrogen-bond acceptors (Lipinski definition) is 7. The molecule has 192 valence electrons. The van der Waals surface area contributed by atoms with Crippen molar-refractivity contribution in [1.29, 1.82) is 0 Å². The highest BCUT2D eigenvalue weighted by Gasteiger charge is 2.60. The second-order valence-corrected chi connectivity index (χ2v) is 12.3. The van der Waals surface area contributed by atoms with E-state index in [4.69, 9.17) is 21.1 Å². The van der Waals surface area contributed by atoms with Gasteiger partial charge >= 0.3 is 11.9 Å². The van der Waals surface area contributed by atoms with Crippen molar-refractivity contribution in [2.24, 2.45) is 17.3 Å². The molecule has 2 atom stereocenters. The normalized spacial score (nSPS) is 28.1. The Morgan fingerprint density at radius 3 is 2.44 bits per heavy atom. The van der Waals surface area contributed by atoms with Crippen LogP contribution in [0.1, 0.15) is 66.4 Å². The summed E-state index contributed by atoms with van der Waals surface area (Å²) in [4.78, 5) is 45.1. The summed E-state index contributed by atoms with van der Waals surface area (Å²) >= 11 is 7.99. The summed E-state index contributed by atoms with van der Waals surface area (Å²) in [5.41, 5.74) is 0.816. The predicted molar refractivity (Wildman–Crippen MR) is 137 cm³/mol. The Balaban J connectivity index is 1.33. The van der Waals surface area contributed by atoms with Gasteiger partial charge < -0.3 is 9.47 Å². The highest BCUT2D eigenvalue weighted by atomic mass is 35.5. The minimum absolute atomic E-state index is 0.243. The van der Waals surface area contributed by atoms with Gasteiger partial charge in [-0.15, -0.1) is 11.6 Å². The van der Waals surface area contributed by atoms with Gasteiger partial charge in [-0.05, 0) is 69.8 Å². The van der Waals surface area contributed by atoms with Crippen LogP contribution in [0.5, 0.6) is 0 Å². The van der Waals surface area contributed by atoms with E-state index in [0.717, 1.165) is 49.0 Å². The van der Waals surface area contributed by atoms with Crippen LogP contribution in [-0.2, 0) is 25.6 Å². The van der Waals surface area contributed by atoms with Crippen molar-refractivity contribution in [2.45, 2.75) is 63.8 Å². The monoisotopic (exact) mass is 530 g/mol. The number of hydrogen-bond donors (Lipinski definition) is 0. The molecule has 0 unspecified atom stereocenters. The molecule has 9 heteroatoms. The van der Waals surface area contributed by atoms with Gasteiger partial charge in [0.2, 0.25) is 0 Å². The quantitative estimate of drug-likeness (QED) is 0.341. The Morgan fingerprint density at radius 2 is 1.81 bits per heavy atom. The third-order valence-corrected chi connectivity index (χ3v) is 9.31. The van der Waals surface area contributed by atoms with E-state index in [1.165, 1.54) is 4.90 Å². The lowest BCUT2D eigenvalue weighted by Gasteiger charge is -2.58. The second-order valence-electron chi connectivity index (χ2n) is 10.6. The van der Waals surface area contributed by atoms with Crippen LogP contribution in [-0.4, -0.2) is 40.9 Å². The lowest BCUT2D eigenvalue weighted by atomic mass is 9.49. The average Bonchev–Trinajstić information content (AvgIpc) is 3.21. The number of aromatic nitrogens is 1. The van der Waals surface area contributed by atoms with E-state index in [-0.39, 0.29) is 36.5 Å². The zero-order valence-electron chi connectivity index (χ0n) is 20.6. The fourth-order valence-electron chi connectivity index (χ4n) is 6.66. The molecule has 0 N–H and O–H groups in total. The first-order chi connectivity index (χ1) is 17.2. The molecule has 36 heavy (non-hydrogen) atoms. The Bertz CT molecular complexity index is 1150. The molecule has 4 saturated carbocycles. The summed E-state index contributed by atoms with van der Waals surface area (Å²) < 4.78 is 10.8. The highest BCUT2D eigenvalue weighted by Crippen LogP contribution is 2.64. The largest absolute Gasteiger partial charge is 0.462 e. The maximum atomic E-state index is 13.4. The molecule has 0 spiro atoms. The average molecular weight is 531 g/mol. The molecule has 1 aromatic heterocycles. The van der Waals surface area contributed by atoms with Crippen LogP contribution in [0, 0.1) is 24.2 Å². The minimum Gasteiger partial charge on any atom is -0.462 e. The minimum atomic E-state index is -0.578. The van der Waals surface area contributed by atoms with E-state index in [1.54, 1.807) is 13.8 Å². The van der Waals surface area contributed by atoms with Gasteiger partial charge in [0.25, 0.3) is 5.91 Å². The summed E-state index contributed by atoms with van der Waals surface area (Å²) in [7, 11) is 0. The maximum Gasteiger partial charge on any atom is 0.350 e. The number of ether oxygens (including phenoxy) is 2. The van der Waals surface area contributed by atoms with Crippen molar-refractivity contribution < 1.29 is 23.9 Å². The fraction of sp³-hybridized carbons (Fsp3) is 0.556. The smallest absolute Gasteiger partial charge is 0.350 e. The number of nitrogens with zero attached hydrogens (tertiary/aromatic N) is 2. The molecule has 4 aliphatic carbocycles. The summed E-state index contributed by atoms with van der Waals surface area (Å²) in [6.07, 6.45) is 5.30. The van der Waals surface area contributed by atoms with Crippen molar-refractivity contribution in [3.05, 3.63) is 46.5 Å². The first kappa shape index (κ1) is 25.2. The number of alkyl halides is 1. The van der Waals surface area contributed by atoms with Crippen molar-refractivity contribution in [3.8, 4) is 0 Å². The number of carbonyl (C=O) groups is 3. The van der Waals surface area contributed by atoms with Crippen molar-refractivity contribution in [3.63, 3.8) is 0 Å².